The van der Waals surface area contributed by atoms with Crippen LogP contribution in [0.5, 0.6) is 0 Å². The van der Waals surface area contributed by atoms with Crippen LogP contribution in [0.2, 0.25) is 0 Å². The first kappa shape index (κ1) is 30.7. The molecule has 9 nitrogen and oxygen atoms in total. The molecule has 0 aliphatic heterocycles. The van der Waals surface area contributed by atoms with E-state index in [2.05, 4.69) is 15.6 Å². The van der Waals surface area contributed by atoms with Crippen LogP contribution >= 0.6 is 0 Å². The van der Waals surface area contributed by atoms with Gasteiger partial charge in [-0.15, -0.1) is 0 Å². The minimum Gasteiger partial charge on any atom is -0.389 e. The molecule has 0 aliphatic carbocycles. The number of carbonyl (C=O) groups is 2. The molecular weight excluding hydrogens is 506 g/mol. The maximum Gasteiger partial charge on any atom is 0.318 e. The molecule has 1 aromatic heterocycles. The monoisotopic (exact) mass is 547 g/mol. The largest absolute Gasteiger partial charge is 0.389 e. The van der Waals surface area contributed by atoms with Gasteiger partial charge in [0.15, 0.2) is 0 Å². The predicted octanol–water partition coefficient (Wildman–Crippen LogP) is 2.27. The third-order valence-corrected chi connectivity index (χ3v) is 6.84. The van der Waals surface area contributed by atoms with Crippen LogP contribution in [0.4, 0.5) is 4.79 Å². The summed E-state index contributed by atoms with van der Waals surface area (Å²) < 4.78 is 0. The second-order valence-electron chi connectivity index (χ2n) is 10.5. The SMILES string of the molecule is CC(C)[C@H](NC(=O)N(C)Cc1ccccn1)C(=O)N[C@@H](Cc1ccccc1)[C@@H](O)[C@@H](O)[C@@H](N)Cc1ccccc1. The van der Waals surface area contributed by atoms with Crippen molar-refractivity contribution in [3.8, 4) is 0 Å². The molecule has 0 fully saturated rings. The highest BCUT2D eigenvalue weighted by molar-refractivity contribution is 5.87. The molecule has 0 radical (unpaired) electrons. The van der Waals surface area contributed by atoms with Gasteiger partial charge in [0.1, 0.15) is 12.1 Å². The first-order valence-electron chi connectivity index (χ1n) is 13.6. The molecule has 3 amide bonds. The standard InChI is InChI=1S/C31H41N5O4/c1-21(2)27(35-31(40)36(3)20-24-16-10-11-17-33-24)30(39)34-26(19-23-14-8-5-9-15-23)29(38)28(37)25(32)18-22-12-6-4-7-13-22/h4-17,21,25-29,37-38H,18-20,32H2,1-3H3,(H,34,39)(H,35,40)/t25-,26-,27-,28-,29+/m0/s1. The molecule has 0 bridgehead atoms. The van der Waals surface area contributed by atoms with Crippen LogP contribution in [0.25, 0.3) is 0 Å². The fourth-order valence-electron chi connectivity index (χ4n) is 4.48. The van der Waals surface area contributed by atoms with E-state index in [1.807, 2.05) is 86.6 Å². The predicted molar refractivity (Wildman–Crippen MR) is 155 cm³/mol. The highest BCUT2D eigenvalue weighted by atomic mass is 16.3. The number of rotatable bonds is 13. The minimum atomic E-state index is -1.35. The zero-order valence-corrected chi connectivity index (χ0v) is 23.4. The van der Waals surface area contributed by atoms with Crippen molar-refractivity contribution in [2.45, 2.75) is 63.6 Å². The van der Waals surface area contributed by atoms with Gasteiger partial charge in [0.05, 0.1) is 24.4 Å². The number of urea groups is 1. The zero-order valence-electron chi connectivity index (χ0n) is 23.4. The Morgan fingerprint density at radius 1 is 0.850 bits per heavy atom. The van der Waals surface area contributed by atoms with E-state index in [1.165, 1.54) is 4.90 Å². The molecule has 5 atom stereocenters. The van der Waals surface area contributed by atoms with E-state index in [1.54, 1.807) is 19.3 Å². The third kappa shape index (κ3) is 9.15. The fraction of sp³-hybridized carbons (Fsp3) is 0.387. The van der Waals surface area contributed by atoms with Crippen molar-refractivity contribution in [1.82, 2.24) is 20.5 Å². The van der Waals surface area contributed by atoms with Crippen LogP contribution in [0, 0.1) is 5.92 Å². The summed E-state index contributed by atoms with van der Waals surface area (Å²) in [4.78, 5) is 32.2. The summed E-state index contributed by atoms with van der Waals surface area (Å²) in [6.07, 6.45) is -0.368. The number of amides is 3. The lowest BCUT2D eigenvalue weighted by atomic mass is 9.91. The maximum atomic E-state index is 13.5. The number of aromatic nitrogens is 1. The summed E-state index contributed by atoms with van der Waals surface area (Å²) in [7, 11) is 1.63. The van der Waals surface area contributed by atoms with E-state index in [-0.39, 0.29) is 18.9 Å². The van der Waals surface area contributed by atoms with Crippen LogP contribution in [-0.4, -0.2) is 69.4 Å². The zero-order chi connectivity index (χ0) is 29.1. The number of nitrogens with zero attached hydrogens (tertiary/aromatic N) is 2. The van der Waals surface area contributed by atoms with Crippen molar-refractivity contribution in [3.05, 3.63) is 102 Å². The lowest BCUT2D eigenvalue weighted by Gasteiger charge is -2.33. The molecule has 6 N–H and O–H groups in total. The number of aliphatic hydroxyl groups excluding tert-OH is 2. The molecule has 2 aromatic carbocycles. The first-order valence-corrected chi connectivity index (χ1v) is 13.6. The van der Waals surface area contributed by atoms with Gasteiger partial charge in [0.2, 0.25) is 5.91 Å². The van der Waals surface area contributed by atoms with Gasteiger partial charge in [-0.2, -0.15) is 0 Å². The molecule has 0 aliphatic rings. The van der Waals surface area contributed by atoms with Gasteiger partial charge in [-0.3, -0.25) is 9.78 Å². The van der Waals surface area contributed by atoms with E-state index in [4.69, 9.17) is 5.73 Å². The Bertz CT molecular complexity index is 1180. The summed E-state index contributed by atoms with van der Waals surface area (Å²) in [5.41, 5.74) is 8.82. The first-order chi connectivity index (χ1) is 19.2. The minimum absolute atomic E-state index is 0.244. The van der Waals surface area contributed by atoms with Crippen molar-refractivity contribution in [2.24, 2.45) is 11.7 Å². The number of nitrogens with two attached hydrogens (primary N) is 1. The van der Waals surface area contributed by atoms with E-state index in [0.29, 0.717) is 6.42 Å². The van der Waals surface area contributed by atoms with Gasteiger partial charge < -0.3 is 31.5 Å². The summed E-state index contributed by atoms with van der Waals surface area (Å²) in [6, 6.07) is 21.4. The van der Waals surface area contributed by atoms with Gasteiger partial charge in [0.25, 0.3) is 0 Å². The Morgan fingerprint density at radius 3 is 1.98 bits per heavy atom. The lowest BCUT2D eigenvalue weighted by Crippen LogP contribution is -2.59. The maximum absolute atomic E-state index is 13.5. The smallest absolute Gasteiger partial charge is 0.318 e. The van der Waals surface area contributed by atoms with Crippen LogP contribution in [0.1, 0.15) is 30.7 Å². The van der Waals surface area contributed by atoms with Crippen LogP contribution < -0.4 is 16.4 Å². The molecule has 9 heteroatoms. The van der Waals surface area contributed by atoms with Crippen molar-refractivity contribution >= 4 is 11.9 Å². The van der Waals surface area contributed by atoms with Gasteiger partial charge >= 0.3 is 6.03 Å². The van der Waals surface area contributed by atoms with Crippen molar-refractivity contribution in [1.29, 1.82) is 0 Å². The second-order valence-corrected chi connectivity index (χ2v) is 10.5. The van der Waals surface area contributed by atoms with Gasteiger partial charge in [-0.25, -0.2) is 4.79 Å². The second kappa shape index (κ2) is 15.1. The molecule has 40 heavy (non-hydrogen) atoms. The highest BCUT2D eigenvalue weighted by Gasteiger charge is 2.34. The molecule has 0 spiro atoms. The van der Waals surface area contributed by atoms with E-state index in [0.717, 1.165) is 16.8 Å². The number of hydrogen-bond donors (Lipinski definition) is 5. The molecule has 3 aromatic rings. The lowest BCUT2D eigenvalue weighted by molar-refractivity contribution is -0.126. The Balaban J connectivity index is 1.72. The average Bonchev–Trinajstić information content (AvgIpc) is 2.95. The molecule has 0 unspecified atom stereocenters. The highest BCUT2D eigenvalue weighted by Crippen LogP contribution is 2.15. The number of nitrogens with one attached hydrogen (secondary N) is 2. The van der Waals surface area contributed by atoms with Crippen molar-refractivity contribution < 1.29 is 19.8 Å². The summed E-state index contributed by atoms with van der Waals surface area (Å²) in [5.74, 6) is -0.703. The molecular formula is C31H41N5O4. The summed E-state index contributed by atoms with van der Waals surface area (Å²) in [6.45, 7) is 3.94. The molecule has 214 valence electrons. The Kier molecular flexibility index (Phi) is 11.6. The van der Waals surface area contributed by atoms with E-state index < -0.39 is 42.3 Å². The summed E-state index contributed by atoms with van der Waals surface area (Å²) in [5, 5.41) is 27.9. The molecule has 0 saturated heterocycles. The Hall–Kier alpha value is -3.79. The quantitative estimate of drug-likeness (QED) is 0.222. The Labute approximate surface area is 236 Å². The molecule has 0 saturated carbocycles. The number of pyridine rings is 1. The summed E-state index contributed by atoms with van der Waals surface area (Å²) >= 11 is 0. The normalized spacial score (nSPS) is 15.0. The molecule has 3 rings (SSSR count). The van der Waals surface area contributed by atoms with Crippen LogP contribution in [0.15, 0.2) is 85.1 Å². The Morgan fingerprint density at radius 2 is 1.43 bits per heavy atom. The van der Waals surface area contributed by atoms with Crippen LogP contribution in [0.3, 0.4) is 0 Å². The van der Waals surface area contributed by atoms with Crippen molar-refractivity contribution in [3.63, 3.8) is 0 Å². The topological polar surface area (TPSA) is 141 Å². The molecule has 1 heterocycles. The number of benzene rings is 2. The number of aliphatic hydroxyl groups is 2. The number of hydrogen-bond acceptors (Lipinski definition) is 6. The fourth-order valence-corrected chi connectivity index (χ4v) is 4.48. The average molecular weight is 548 g/mol. The van der Waals surface area contributed by atoms with Crippen LogP contribution in [-0.2, 0) is 24.2 Å². The van der Waals surface area contributed by atoms with Gasteiger partial charge in [-0.05, 0) is 42.0 Å². The van der Waals surface area contributed by atoms with Gasteiger partial charge in [-0.1, -0.05) is 80.6 Å². The van der Waals surface area contributed by atoms with Gasteiger partial charge in [0, 0.05) is 19.3 Å². The third-order valence-electron chi connectivity index (χ3n) is 6.84. The van der Waals surface area contributed by atoms with Crippen molar-refractivity contribution in [2.75, 3.05) is 7.05 Å². The number of carbonyl (C=O) groups excluding carboxylic acids is 2. The van der Waals surface area contributed by atoms with E-state index >= 15 is 0 Å². The van der Waals surface area contributed by atoms with E-state index in [9.17, 15) is 19.8 Å².